The molecule has 2 rings (SSSR count). The average molecular weight is 569 g/mol. The van der Waals surface area contributed by atoms with Gasteiger partial charge in [-0.1, -0.05) is 30.3 Å². The topological polar surface area (TPSA) is 60.0 Å². The van der Waals surface area contributed by atoms with Crippen LogP contribution in [0.2, 0.25) is 0 Å². The lowest BCUT2D eigenvalue weighted by molar-refractivity contribution is -0.148. The molecule has 32 heavy (non-hydrogen) atoms. The predicted octanol–water partition coefficient (Wildman–Crippen LogP) is 3.65. The third-order valence-electron chi connectivity index (χ3n) is 5.48. The second-order valence-corrected chi connectivity index (χ2v) is 8.28. The number of amides is 1. The Morgan fingerprint density at radius 1 is 1.22 bits per heavy atom. The van der Waals surface area contributed by atoms with Gasteiger partial charge in [-0.2, -0.15) is 13.2 Å². The fraction of sp³-hybridized carbons (Fsp3) is 0.636. The Hall–Kier alpha value is -1.56. The van der Waals surface area contributed by atoms with Crippen molar-refractivity contribution < 1.29 is 18.0 Å². The number of hydrogen-bond donors (Lipinski definition) is 2. The van der Waals surface area contributed by atoms with Gasteiger partial charge >= 0.3 is 6.18 Å². The number of benzene rings is 1. The highest BCUT2D eigenvalue weighted by atomic mass is 127. The fourth-order valence-corrected chi connectivity index (χ4v) is 3.55. The van der Waals surface area contributed by atoms with Crippen LogP contribution in [0.25, 0.3) is 0 Å². The zero-order chi connectivity index (χ0) is 22.9. The molecule has 6 nitrogen and oxygen atoms in total. The highest BCUT2D eigenvalue weighted by molar-refractivity contribution is 14.0. The van der Waals surface area contributed by atoms with Crippen LogP contribution in [0, 0.1) is 5.92 Å². The van der Waals surface area contributed by atoms with Gasteiger partial charge in [-0.05, 0) is 50.8 Å². The number of hydrogen-bond acceptors (Lipinski definition) is 3. The number of nitrogens with one attached hydrogen (secondary N) is 2. The third kappa shape index (κ3) is 10.8. The number of aliphatic imine (C=N–C) groups is 1. The number of nitrogens with zero attached hydrogens (tertiary/aromatic N) is 3. The van der Waals surface area contributed by atoms with Crippen molar-refractivity contribution in [3.63, 3.8) is 0 Å². The molecular weight excluding hydrogens is 534 g/mol. The van der Waals surface area contributed by atoms with E-state index in [-0.39, 0.29) is 42.5 Å². The molecule has 1 aliphatic rings. The Kier molecular flexibility index (Phi) is 12.3. The van der Waals surface area contributed by atoms with E-state index in [0.29, 0.717) is 31.5 Å². The maximum atomic E-state index is 12.5. The standard InChI is InChI=1S/C22H34F3N5O.HI/c1-17(19-7-5-4-6-8-19)28-21(27-15-20(31)29(2)3)26-12-9-18-10-13-30(14-11-18)16-22(23,24)25;/h4-8,17-18H,9-16H2,1-3H3,(H2,26,27,28);1H. The van der Waals surface area contributed by atoms with E-state index in [9.17, 15) is 18.0 Å². The van der Waals surface area contributed by atoms with E-state index in [0.717, 1.165) is 24.8 Å². The molecule has 182 valence electrons. The van der Waals surface area contributed by atoms with E-state index in [1.807, 2.05) is 37.3 Å². The van der Waals surface area contributed by atoms with Gasteiger partial charge in [-0.15, -0.1) is 24.0 Å². The second-order valence-electron chi connectivity index (χ2n) is 8.28. The van der Waals surface area contributed by atoms with Crippen LogP contribution >= 0.6 is 24.0 Å². The Morgan fingerprint density at radius 2 is 1.84 bits per heavy atom. The molecule has 1 aliphatic heterocycles. The van der Waals surface area contributed by atoms with E-state index >= 15 is 0 Å². The summed E-state index contributed by atoms with van der Waals surface area (Å²) in [7, 11) is 3.38. The fourth-order valence-electron chi connectivity index (χ4n) is 3.55. The van der Waals surface area contributed by atoms with Gasteiger partial charge in [-0.3, -0.25) is 9.69 Å². The maximum Gasteiger partial charge on any atom is 0.401 e. The Bertz CT molecular complexity index is 707. The number of carbonyl (C=O) groups excluding carboxylic acids is 1. The lowest BCUT2D eigenvalue weighted by Gasteiger charge is -2.32. The van der Waals surface area contributed by atoms with Crippen LogP contribution in [-0.2, 0) is 4.79 Å². The first kappa shape index (κ1) is 28.5. The van der Waals surface area contributed by atoms with E-state index in [1.54, 1.807) is 14.1 Å². The van der Waals surface area contributed by atoms with Crippen molar-refractivity contribution in [1.82, 2.24) is 20.4 Å². The smallest absolute Gasteiger partial charge is 0.356 e. The number of rotatable bonds is 8. The molecule has 0 aliphatic carbocycles. The summed E-state index contributed by atoms with van der Waals surface area (Å²) in [5, 5.41) is 6.62. The van der Waals surface area contributed by atoms with E-state index in [4.69, 9.17) is 0 Å². The van der Waals surface area contributed by atoms with Crippen LogP contribution in [0.5, 0.6) is 0 Å². The van der Waals surface area contributed by atoms with Crippen molar-refractivity contribution in [3.8, 4) is 0 Å². The summed E-state index contributed by atoms with van der Waals surface area (Å²) in [4.78, 5) is 19.3. The van der Waals surface area contributed by atoms with Gasteiger partial charge in [0, 0.05) is 20.6 Å². The highest BCUT2D eigenvalue weighted by Gasteiger charge is 2.32. The molecule has 1 aromatic rings. The molecule has 0 radical (unpaired) electrons. The van der Waals surface area contributed by atoms with Crippen LogP contribution < -0.4 is 10.6 Å². The van der Waals surface area contributed by atoms with E-state index in [2.05, 4.69) is 15.6 Å². The molecule has 1 aromatic carbocycles. The zero-order valence-corrected chi connectivity index (χ0v) is 21.3. The first-order chi connectivity index (χ1) is 14.6. The van der Waals surface area contributed by atoms with Gasteiger partial charge in [0.25, 0.3) is 0 Å². The second kappa shape index (κ2) is 13.9. The zero-order valence-electron chi connectivity index (χ0n) is 19.0. The van der Waals surface area contributed by atoms with Gasteiger partial charge in [0.15, 0.2) is 5.96 Å². The Labute approximate surface area is 206 Å². The molecule has 1 unspecified atom stereocenters. The van der Waals surface area contributed by atoms with Crippen LogP contribution in [0.4, 0.5) is 13.2 Å². The van der Waals surface area contributed by atoms with E-state index < -0.39 is 12.7 Å². The van der Waals surface area contributed by atoms with Crippen LogP contribution in [-0.4, -0.2) is 74.7 Å². The number of piperidine rings is 1. The predicted molar refractivity (Wildman–Crippen MR) is 132 cm³/mol. The van der Waals surface area contributed by atoms with Crippen molar-refractivity contribution in [2.45, 2.75) is 38.4 Å². The monoisotopic (exact) mass is 569 g/mol. The highest BCUT2D eigenvalue weighted by Crippen LogP contribution is 2.24. The van der Waals surface area contributed by atoms with Crippen LogP contribution in [0.3, 0.4) is 0 Å². The minimum absolute atomic E-state index is 0. The molecule has 1 fully saturated rings. The first-order valence-electron chi connectivity index (χ1n) is 10.7. The molecular formula is C22H35F3IN5O. The summed E-state index contributed by atoms with van der Waals surface area (Å²) in [6.07, 6.45) is -1.76. The Balaban J connectivity index is 0.00000512. The minimum Gasteiger partial charge on any atom is -0.356 e. The molecule has 0 saturated carbocycles. The summed E-state index contributed by atoms with van der Waals surface area (Å²) in [5.74, 6) is 0.847. The molecule has 1 amide bonds. The van der Waals surface area contributed by atoms with Gasteiger partial charge in [0.05, 0.1) is 12.6 Å². The van der Waals surface area contributed by atoms with Gasteiger partial charge in [0.2, 0.25) is 5.91 Å². The first-order valence-corrected chi connectivity index (χ1v) is 10.7. The van der Waals surface area contributed by atoms with Crippen molar-refractivity contribution in [2.24, 2.45) is 10.9 Å². The molecule has 0 spiro atoms. The van der Waals surface area contributed by atoms with E-state index in [1.165, 1.54) is 9.80 Å². The average Bonchev–Trinajstić information content (AvgIpc) is 2.72. The maximum absolute atomic E-state index is 12.5. The third-order valence-corrected chi connectivity index (χ3v) is 5.48. The summed E-state index contributed by atoms with van der Waals surface area (Å²) in [6.45, 7) is 2.84. The van der Waals surface area contributed by atoms with Crippen LogP contribution in [0.15, 0.2) is 35.3 Å². The number of likely N-dealkylation sites (tertiary alicyclic amines) is 1. The molecule has 0 aromatic heterocycles. The molecule has 0 bridgehead atoms. The van der Waals surface area contributed by atoms with Crippen molar-refractivity contribution in [2.75, 3.05) is 46.8 Å². The van der Waals surface area contributed by atoms with Gasteiger partial charge < -0.3 is 15.5 Å². The quantitative estimate of drug-likeness (QED) is 0.285. The largest absolute Gasteiger partial charge is 0.401 e. The summed E-state index contributed by atoms with van der Waals surface area (Å²) in [5.41, 5.74) is 1.10. The molecule has 10 heteroatoms. The van der Waals surface area contributed by atoms with Crippen molar-refractivity contribution in [1.29, 1.82) is 0 Å². The van der Waals surface area contributed by atoms with Crippen LogP contribution in [0.1, 0.15) is 37.8 Å². The summed E-state index contributed by atoms with van der Waals surface area (Å²) < 4.78 is 37.6. The number of guanidine groups is 1. The molecule has 1 atom stereocenters. The van der Waals surface area contributed by atoms with Crippen molar-refractivity contribution >= 4 is 35.8 Å². The SMILES string of the molecule is CC(NC(=NCC(=O)N(C)C)NCCC1CCN(CC(F)(F)F)CC1)c1ccccc1.I. The lowest BCUT2D eigenvalue weighted by atomic mass is 9.93. The minimum atomic E-state index is -4.13. The number of halogens is 4. The number of likely N-dealkylation sites (N-methyl/N-ethyl adjacent to an activating group) is 1. The van der Waals surface area contributed by atoms with Gasteiger partial charge in [-0.25, -0.2) is 4.99 Å². The number of alkyl halides is 3. The normalized spacial score (nSPS) is 16.8. The molecule has 2 N–H and O–H groups in total. The Morgan fingerprint density at radius 3 is 2.41 bits per heavy atom. The molecule has 1 saturated heterocycles. The summed E-state index contributed by atoms with van der Waals surface area (Å²) in [6, 6.07) is 9.95. The number of carbonyl (C=O) groups is 1. The summed E-state index contributed by atoms with van der Waals surface area (Å²) >= 11 is 0. The lowest BCUT2D eigenvalue weighted by Crippen LogP contribution is -2.42. The molecule has 1 heterocycles. The van der Waals surface area contributed by atoms with Gasteiger partial charge in [0.1, 0.15) is 6.54 Å². The van der Waals surface area contributed by atoms with Crippen molar-refractivity contribution in [3.05, 3.63) is 35.9 Å².